The number of hydrogen-bond acceptors (Lipinski definition) is 6. The van der Waals surface area contributed by atoms with E-state index in [1.807, 2.05) is 0 Å². The Hall–Kier alpha value is -2.90. The molecule has 0 saturated carbocycles. The number of carbonyl (C=O) groups excluding carboxylic acids is 1. The van der Waals surface area contributed by atoms with Crippen LogP contribution in [0.4, 0.5) is 4.79 Å². The quantitative estimate of drug-likeness (QED) is 0.732. The first-order valence-electron chi connectivity index (χ1n) is 8.49. The van der Waals surface area contributed by atoms with Gasteiger partial charge in [0.1, 0.15) is 11.6 Å². The predicted octanol–water partition coefficient (Wildman–Crippen LogP) is 3.06. The van der Waals surface area contributed by atoms with Gasteiger partial charge in [-0.2, -0.15) is 0 Å². The van der Waals surface area contributed by atoms with E-state index in [4.69, 9.17) is 18.9 Å². The summed E-state index contributed by atoms with van der Waals surface area (Å²) in [5, 5.41) is 12.1. The van der Waals surface area contributed by atoms with Crippen LogP contribution in [-0.2, 0) is 9.53 Å². The molecule has 0 saturated heterocycles. The van der Waals surface area contributed by atoms with Crippen molar-refractivity contribution in [3.05, 3.63) is 29.8 Å². The fourth-order valence-electron chi connectivity index (χ4n) is 2.70. The Labute approximate surface area is 158 Å². The molecule has 1 heterocycles. The summed E-state index contributed by atoms with van der Waals surface area (Å²) >= 11 is 0. The Balaban J connectivity index is 2.39. The molecular weight excluding hydrogens is 354 g/mol. The number of rotatable bonds is 6. The number of nitrogens with one attached hydrogen (secondary N) is 1. The molecule has 0 unspecified atom stereocenters. The van der Waals surface area contributed by atoms with Crippen LogP contribution in [0.1, 0.15) is 39.2 Å². The Kier molecular flexibility index (Phi) is 6.20. The highest BCUT2D eigenvalue weighted by Crippen LogP contribution is 2.44. The minimum Gasteiger partial charge on any atom is -0.493 e. The second-order valence-corrected chi connectivity index (χ2v) is 6.97. The van der Waals surface area contributed by atoms with Crippen molar-refractivity contribution in [1.82, 2.24) is 5.32 Å². The Bertz CT molecular complexity index is 736. The molecule has 0 aliphatic carbocycles. The molecule has 1 aliphatic heterocycles. The van der Waals surface area contributed by atoms with Gasteiger partial charge in [0.05, 0.1) is 7.11 Å². The third kappa shape index (κ3) is 5.06. The molecule has 0 bridgehead atoms. The van der Waals surface area contributed by atoms with Crippen LogP contribution in [-0.4, -0.2) is 42.7 Å². The van der Waals surface area contributed by atoms with Crippen molar-refractivity contribution in [3.63, 3.8) is 0 Å². The van der Waals surface area contributed by atoms with E-state index < -0.39 is 29.6 Å². The van der Waals surface area contributed by atoms with Gasteiger partial charge in [-0.1, -0.05) is 12.2 Å². The Morgan fingerprint density at radius 3 is 2.56 bits per heavy atom. The van der Waals surface area contributed by atoms with Crippen LogP contribution in [0.3, 0.4) is 0 Å². The summed E-state index contributed by atoms with van der Waals surface area (Å²) in [7, 11) is 1.49. The summed E-state index contributed by atoms with van der Waals surface area (Å²) in [6, 6.07) is 2.11. The lowest BCUT2D eigenvalue weighted by atomic mass is 9.90. The van der Waals surface area contributed by atoms with Gasteiger partial charge >= 0.3 is 12.1 Å². The number of methoxy groups -OCH3 is 1. The third-order valence-corrected chi connectivity index (χ3v) is 3.76. The van der Waals surface area contributed by atoms with E-state index in [1.54, 1.807) is 52.0 Å². The van der Waals surface area contributed by atoms with E-state index in [-0.39, 0.29) is 6.79 Å². The molecule has 148 valence electrons. The Morgan fingerprint density at radius 2 is 2.00 bits per heavy atom. The number of benzene rings is 1. The van der Waals surface area contributed by atoms with Gasteiger partial charge in [0, 0.05) is 5.92 Å². The maximum atomic E-state index is 12.1. The average molecular weight is 379 g/mol. The predicted molar refractivity (Wildman–Crippen MR) is 97.5 cm³/mol. The standard InChI is InChI=1S/C19H25NO7/c1-6-7-12(15(17(21)22)20-18(23)27-19(2,3)4)11-8-13(24-5)16-14(9-11)25-10-26-16/h6-9,12,15H,10H2,1-5H3,(H,20,23)(H,21,22)/b7-6+/t12-,15-/m1/s1. The Morgan fingerprint density at radius 1 is 1.30 bits per heavy atom. The van der Waals surface area contributed by atoms with Crippen LogP contribution in [0.15, 0.2) is 24.3 Å². The number of aliphatic carboxylic acids is 1. The molecule has 2 atom stereocenters. The van der Waals surface area contributed by atoms with Gasteiger partial charge in [-0.25, -0.2) is 9.59 Å². The first kappa shape index (κ1) is 20.4. The molecule has 1 aromatic rings. The highest BCUT2D eigenvalue weighted by atomic mass is 16.7. The van der Waals surface area contributed by atoms with E-state index in [9.17, 15) is 14.7 Å². The molecule has 27 heavy (non-hydrogen) atoms. The molecule has 2 rings (SSSR count). The number of hydrogen-bond donors (Lipinski definition) is 2. The van der Waals surface area contributed by atoms with E-state index in [0.29, 0.717) is 22.8 Å². The highest BCUT2D eigenvalue weighted by molar-refractivity contribution is 5.81. The summed E-state index contributed by atoms with van der Waals surface area (Å²) in [5.74, 6) is -0.521. The van der Waals surface area contributed by atoms with Crippen LogP contribution in [0.5, 0.6) is 17.2 Å². The van der Waals surface area contributed by atoms with E-state index >= 15 is 0 Å². The van der Waals surface area contributed by atoms with Crippen LogP contribution in [0.2, 0.25) is 0 Å². The first-order valence-corrected chi connectivity index (χ1v) is 8.49. The fraction of sp³-hybridized carbons (Fsp3) is 0.474. The molecule has 1 aromatic carbocycles. The van der Waals surface area contributed by atoms with E-state index in [1.165, 1.54) is 7.11 Å². The lowest BCUT2D eigenvalue weighted by Crippen LogP contribution is -2.46. The van der Waals surface area contributed by atoms with Gasteiger partial charge in [-0.3, -0.25) is 0 Å². The zero-order chi connectivity index (χ0) is 20.2. The van der Waals surface area contributed by atoms with Crippen molar-refractivity contribution in [2.45, 2.75) is 45.3 Å². The molecule has 8 nitrogen and oxygen atoms in total. The molecule has 8 heteroatoms. The second kappa shape index (κ2) is 8.20. The minimum absolute atomic E-state index is 0.0575. The molecule has 0 spiro atoms. The molecule has 0 radical (unpaired) electrons. The van der Waals surface area contributed by atoms with Crippen LogP contribution in [0, 0.1) is 0 Å². The molecule has 1 amide bonds. The maximum absolute atomic E-state index is 12.1. The van der Waals surface area contributed by atoms with E-state index in [0.717, 1.165) is 0 Å². The highest BCUT2D eigenvalue weighted by Gasteiger charge is 2.33. The summed E-state index contributed by atoms with van der Waals surface area (Å²) in [4.78, 5) is 24.0. The summed E-state index contributed by atoms with van der Waals surface area (Å²) < 4.78 is 21.3. The number of carboxylic acid groups (broad SMARTS) is 1. The zero-order valence-electron chi connectivity index (χ0n) is 16.1. The summed E-state index contributed by atoms with van der Waals surface area (Å²) in [6.07, 6.45) is 2.60. The van der Waals surface area contributed by atoms with E-state index in [2.05, 4.69) is 5.32 Å². The van der Waals surface area contributed by atoms with Crippen molar-refractivity contribution in [3.8, 4) is 17.2 Å². The maximum Gasteiger partial charge on any atom is 0.408 e. The number of alkyl carbamates (subject to hydrolysis) is 1. The SMILES string of the molecule is C/C=C/[C@H](c1cc(OC)c2c(c1)OCO2)[C@@H](NC(=O)OC(C)(C)C)C(=O)O. The molecule has 0 aromatic heterocycles. The van der Waals surface area contributed by atoms with Crippen molar-refractivity contribution in [1.29, 1.82) is 0 Å². The van der Waals surface area contributed by atoms with Gasteiger partial charge < -0.3 is 29.4 Å². The van der Waals surface area contributed by atoms with Gasteiger partial charge in [0.15, 0.2) is 11.5 Å². The number of amides is 1. The summed E-state index contributed by atoms with van der Waals surface area (Å²) in [5.41, 5.74) is -0.150. The first-order chi connectivity index (χ1) is 12.7. The minimum atomic E-state index is -1.25. The molecule has 0 fully saturated rings. The zero-order valence-corrected chi connectivity index (χ0v) is 16.1. The number of allylic oxidation sites excluding steroid dienone is 1. The van der Waals surface area contributed by atoms with Gasteiger partial charge in [0.2, 0.25) is 12.5 Å². The van der Waals surface area contributed by atoms with Crippen molar-refractivity contribution in [2.24, 2.45) is 0 Å². The van der Waals surface area contributed by atoms with Crippen molar-refractivity contribution in [2.75, 3.05) is 13.9 Å². The monoisotopic (exact) mass is 379 g/mol. The number of carbonyl (C=O) groups is 2. The van der Waals surface area contributed by atoms with Gasteiger partial charge in [-0.05, 0) is 45.4 Å². The number of carboxylic acids is 1. The van der Waals surface area contributed by atoms with Crippen LogP contribution in [0.25, 0.3) is 0 Å². The second-order valence-electron chi connectivity index (χ2n) is 6.97. The molecule has 2 N–H and O–H groups in total. The molecular formula is C19H25NO7. The smallest absolute Gasteiger partial charge is 0.408 e. The number of fused-ring (bicyclic) bond motifs is 1. The van der Waals surface area contributed by atoms with Crippen molar-refractivity contribution < 1.29 is 33.6 Å². The van der Waals surface area contributed by atoms with Gasteiger partial charge in [-0.15, -0.1) is 0 Å². The van der Waals surface area contributed by atoms with Crippen LogP contribution >= 0.6 is 0 Å². The molecule has 1 aliphatic rings. The normalized spacial score (nSPS) is 15.3. The van der Waals surface area contributed by atoms with Crippen molar-refractivity contribution >= 4 is 12.1 Å². The number of ether oxygens (including phenoxy) is 4. The summed E-state index contributed by atoms with van der Waals surface area (Å²) in [6.45, 7) is 6.93. The fourth-order valence-corrected chi connectivity index (χ4v) is 2.70. The topological polar surface area (TPSA) is 103 Å². The van der Waals surface area contributed by atoms with Crippen LogP contribution < -0.4 is 19.5 Å². The average Bonchev–Trinajstić information content (AvgIpc) is 3.03. The third-order valence-electron chi connectivity index (χ3n) is 3.76. The largest absolute Gasteiger partial charge is 0.493 e. The lowest BCUT2D eigenvalue weighted by molar-refractivity contribution is -0.139. The van der Waals surface area contributed by atoms with Gasteiger partial charge in [0.25, 0.3) is 0 Å². The lowest BCUT2D eigenvalue weighted by Gasteiger charge is -2.26.